The van der Waals surface area contributed by atoms with Crippen molar-refractivity contribution in [1.82, 2.24) is 4.98 Å². The monoisotopic (exact) mass is 473 g/mol. The number of sulfone groups is 1. The van der Waals surface area contributed by atoms with Crippen LogP contribution in [0.5, 0.6) is 0 Å². The van der Waals surface area contributed by atoms with E-state index < -0.39 is 33.9 Å². The predicted octanol–water partition coefficient (Wildman–Crippen LogP) is 4.91. The van der Waals surface area contributed by atoms with E-state index >= 15 is 0 Å². The molecule has 2 saturated carbocycles. The molecule has 1 aromatic heterocycles. The van der Waals surface area contributed by atoms with Crippen LogP contribution < -0.4 is 5.32 Å². The Morgan fingerprint density at radius 3 is 2.55 bits per heavy atom. The highest BCUT2D eigenvalue weighted by molar-refractivity contribution is 7.90. The number of nitrogens with one attached hydrogen (secondary N) is 1. The van der Waals surface area contributed by atoms with Crippen LogP contribution in [0.3, 0.4) is 0 Å². The van der Waals surface area contributed by atoms with E-state index in [-0.39, 0.29) is 11.3 Å². The minimum Gasteiger partial charge on any atom is -0.353 e. The number of fused-ring (bicyclic) bond motifs is 1. The Kier molecular flexibility index (Phi) is 5.15. The first-order chi connectivity index (χ1) is 15.5. The number of rotatable bonds is 7. The number of aliphatic imine (C=N–C) groups is 1. The van der Waals surface area contributed by atoms with E-state index in [1.807, 2.05) is 13.0 Å². The fraction of sp³-hybridized carbons (Fsp3) is 0.458. The number of hydrogen-bond acceptors (Lipinski definition) is 6. The number of pyridine rings is 1. The molecule has 0 radical (unpaired) electrons. The van der Waals surface area contributed by atoms with Gasteiger partial charge in [-0.05, 0) is 49.4 Å². The van der Waals surface area contributed by atoms with Gasteiger partial charge in [0.25, 0.3) is 5.92 Å². The van der Waals surface area contributed by atoms with Crippen molar-refractivity contribution in [3.8, 4) is 0 Å². The van der Waals surface area contributed by atoms with Gasteiger partial charge in [0, 0.05) is 31.2 Å². The lowest BCUT2D eigenvalue weighted by molar-refractivity contribution is -0.121. The molecule has 0 saturated heterocycles. The molecule has 33 heavy (non-hydrogen) atoms. The normalized spacial score (nSPS) is 21.2. The van der Waals surface area contributed by atoms with E-state index in [4.69, 9.17) is 0 Å². The third-order valence-corrected chi connectivity index (χ3v) is 7.80. The molecular weight excluding hydrogens is 448 g/mol. The number of benzene rings is 1. The average Bonchev–Trinajstić information content (AvgIpc) is 3.14. The highest BCUT2D eigenvalue weighted by atomic mass is 32.2. The van der Waals surface area contributed by atoms with Gasteiger partial charge in [0.1, 0.15) is 11.5 Å². The molecular formula is C24H25F2N3O3S. The third-order valence-electron chi connectivity index (χ3n) is 6.66. The van der Waals surface area contributed by atoms with Crippen LogP contribution in [0.2, 0.25) is 0 Å². The van der Waals surface area contributed by atoms with Crippen LogP contribution in [0.1, 0.15) is 55.5 Å². The first-order valence-corrected chi connectivity index (χ1v) is 13.0. The molecule has 1 N–H and O–H groups in total. The van der Waals surface area contributed by atoms with Gasteiger partial charge in [-0.3, -0.25) is 14.8 Å². The molecule has 1 aliphatic heterocycles. The molecule has 0 bridgehead atoms. The Bertz CT molecular complexity index is 1300. The molecule has 5 rings (SSSR count). The van der Waals surface area contributed by atoms with Gasteiger partial charge in [-0.15, -0.1) is 0 Å². The molecule has 3 aliphatic rings. The van der Waals surface area contributed by atoms with E-state index in [9.17, 15) is 22.0 Å². The zero-order valence-corrected chi connectivity index (χ0v) is 19.3. The van der Waals surface area contributed by atoms with Crippen LogP contribution in [0.4, 0.5) is 25.8 Å². The van der Waals surface area contributed by atoms with Crippen LogP contribution in [-0.2, 0) is 27.5 Å². The number of halogens is 2. The lowest BCUT2D eigenvalue weighted by Crippen LogP contribution is -2.13. The average molecular weight is 474 g/mol. The van der Waals surface area contributed by atoms with Gasteiger partial charge in [-0.2, -0.15) is 0 Å². The van der Waals surface area contributed by atoms with Crippen LogP contribution in [-0.4, -0.2) is 37.1 Å². The number of carbonyl (C=O) groups excluding carboxylic acids is 1. The van der Waals surface area contributed by atoms with E-state index in [0.29, 0.717) is 40.8 Å². The Hall–Kier alpha value is -2.68. The number of hydrogen-bond donors (Lipinski definition) is 1. The summed E-state index contributed by atoms with van der Waals surface area (Å²) in [4.78, 5) is 21.5. The van der Waals surface area contributed by atoms with Gasteiger partial charge in [0.15, 0.2) is 9.84 Å². The van der Waals surface area contributed by atoms with Crippen LogP contribution in [0.25, 0.3) is 0 Å². The third kappa shape index (κ3) is 4.30. The minimum absolute atomic E-state index is 0.194. The minimum atomic E-state index is -3.52. The Labute approximate surface area is 191 Å². The van der Waals surface area contributed by atoms with Crippen LogP contribution in [0.15, 0.2) is 34.2 Å². The summed E-state index contributed by atoms with van der Waals surface area (Å²) in [5.41, 5.74) is 4.39. The van der Waals surface area contributed by atoms with Crippen molar-refractivity contribution in [1.29, 1.82) is 0 Å². The largest absolute Gasteiger partial charge is 0.353 e. The second kappa shape index (κ2) is 7.68. The molecule has 1 aromatic carbocycles. The number of Topliss-reactive ketones (excluding diaryl/α,β-unsaturated/α-hetero) is 1. The molecule has 1 atom stereocenters. The molecule has 2 aliphatic carbocycles. The quantitative estimate of drug-likeness (QED) is 0.617. The number of aromatic nitrogens is 1. The highest BCUT2D eigenvalue weighted by Gasteiger charge is 2.60. The maximum atomic E-state index is 13.3. The highest BCUT2D eigenvalue weighted by Crippen LogP contribution is 2.49. The number of alkyl halides is 2. The Morgan fingerprint density at radius 1 is 1.21 bits per heavy atom. The molecule has 0 unspecified atom stereocenters. The van der Waals surface area contributed by atoms with Crippen molar-refractivity contribution in [3.05, 3.63) is 41.2 Å². The summed E-state index contributed by atoms with van der Waals surface area (Å²) in [6.07, 6.45) is 4.32. The first kappa shape index (κ1) is 22.1. The second-order valence-corrected chi connectivity index (χ2v) is 11.4. The summed E-state index contributed by atoms with van der Waals surface area (Å²) < 4.78 is 51.8. The predicted molar refractivity (Wildman–Crippen MR) is 122 cm³/mol. The molecule has 2 heterocycles. The van der Waals surface area contributed by atoms with Gasteiger partial charge in [-0.25, -0.2) is 17.2 Å². The number of carbonyl (C=O) groups is 1. The maximum Gasteiger partial charge on any atom is 0.258 e. The molecule has 2 aromatic rings. The van der Waals surface area contributed by atoms with Gasteiger partial charge in [-0.1, -0.05) is 12.5 Å². The van der Waals surface area contributed by atoms with E-state index in [0.717, 1.165) is 30.5 Å². The van der Waals surface area contributed by atoms with Crippen molar-refractivity contribution in [2.75, 3.05) is 11.6 Å². The van der Waals surface area contributed by atoms with Crippen LogP contribution in [0, 0.1) is 5.92 Å². The number of anilines is 2. The SMILES string of the molecule is CC1=Nc2c(Nc3ccc(C4CCC4)cc3S(C)(=O)=O)cc(CC(=O)[C@H]3CC3(F)F)nc2C1. The summed E-state index contributed by atoms with van der Waals surface area (Å²) in [6.45, 7) is 1.86. The Balaban J connectivity index is 1.50. The van der Waals surface area contributed by atoms with Crippen molar-refractivity contribution < 1.29 is 22.0 Å². The maximum absolute atomic E-state index is 13.3. The molecule has 2 fully saturated rings. The summed E-state index contributed by atoms with van der Waals surface area (Å²) in [5, 5.41) is 3.19. The first-order valence-electron chi connectivity index (χ1n) is 11.1. The summed E-state index contributed by atoms with van der Waals surface area (Å²) in [5.74, 6) is -4.30. The van der Waals surface area contributed by atoms with Crippen molar-refractivity contribution in [3.63, 3.8) is 0 Å². The zero-order valence-electron chi connectivity index (χ0n) is 18.5. The molecule has 6 nitrogen and oxygen atoms in total. The fourth-order valence-corrected chi connectivity index (χ4v) is 5.38. The van der Waals surface area contributed by atoms with Crippen molar-refractivity contribution >= 4 is 38.4 Å². The van der Waals surface area contributed by atoms with Crippen molar-refractivity contribution in [2.45, 2.75) is 62.2 Å². The second-order valence-electron chi connectivity index (χ2n) is 9.42. The molecule has 0 amide bonds. The van der Waals surface area contributed by atoms with Gasteiger partial charge in [0.2, 0.25) is 0 Å². The standard InChI is InChI=1S/C24H25F2N3O3S/c1-13-8-19-23(27-13)20(10-16(28-19)11-21(30)17-12-24(17,25)26)29-18-7-6-15(14-4-3-5-14)9-22(18)33(2,31)32/h6-7,9-10,14,17H,3-5,8,11-12H2,1-2H3,(H,28,29)/t17-/m1/s1. The lowest BCUT2D eigenvalue weighted by atomic mass is 9.80. The Morgan fingerprint density at radius 2 is 1.94 bits per heavy atom. The molecule has 0 spiro atoms. The van der Waals surface area contributed by atoms with E-state index in [1.165, 1.54) is 6.26 Å². The van der Waals surface area contributed by atoms with Gasteiger partial charge < -0.3 is 5.32 Å². The molecule has 9 heteroatoms. The summed E-state index contributed by atoms with van der Waals surface area (Å²) >= 11 is 0. The summed E-state index contributed by atoms with van der Waals surface area (Å²) in [7, 11) is -3.52. The topological polar surface area (TPSA) is 88.5 Å². The smallest absolute Gasteiger partial charge is 0.258 e. The number of ketones is 1. The van der Waals surface area contributed by atoms with Crippen LogP contribution >= 0.6 is 0 Å². The lowest BCUT2D eigenvalue weighted by Gasteiger charge is -2.26. The van der Waals surface area contributed by atoms with Crippen molar-refractivity contribution in [2.24, 2.45) is 10.9 Å². The fourth-order valence-electron chi connectivity index (χ4n) is 4.51. The van der Waals surface area contributed by atoms with Gasteiger partial charge in [0.05, 0.1) is 33.6 Å². The van der Waals surface area contributed by atoms with E-state index in [1.54, 1.807) is 18.2 Å². The number of nitrogens with zero attached hydrogens (tertiary/aromatic N) is 2. The van der Waals surface area contributed by atoms with E-state index in [2.05, 4.69) is 15.3 Å². The molecule has 174 valence electrons. The van der Waals surface area contributed by atoms with Gasteiger partial charge >= 0.3 is 0 Å². The summed E-state index contributed by atoms with van der Waals surface area (Å²) in [6, 6.07) is 7.05. The zero-order chi connectivity index (χ0) is 23.5.